The third-order valence-corrected chi connectivity index (χ3v) is 4.85. The van der Waals surface area contributed by atoms with E-state index in [0.29, 0.717) is 16.9 Å². The number of anilines is 1. The van der Waals surface area contributed by atoms with Crippen molar-refractivity contribution in [2.24, 2.45) is 5.73 Å². The number of carbonyl (C=O) groups is 1. The first kappa shape index (κ1) is 22.0. The fraction of sp³-hybridized carbons (Fsp3) is 0.474. The molecule has 3 rings (SSSR count). The molecule has 1 aromatic carbocycles. The number of ether oxygens (including phenoxy) is 1. The van der Waals surface area contributed by atoms with E-state index in [1.54, 1.807) is 19.0 Å². The van der Waals surface area contributed by atoms with E-state index in [2.05, 4.69) is 10.5 Å². The molecule has 1 aliphatic carbocycles. The van der Waals surface area contributed by atoms with Crippen LogP contribution < -0.4 is 20.7 Å². The van der Waals surface area contributed by atoms with Gasteiger partial charge < -0.3 is 25.2 Å². The van der Waals surface area contributed by atoms with Gasteiger partial charge in [-0.15, -0.1) is 12.4 Å². The van der Waals surface area contributed by atoms with E-state index < -0.39 is 5.82 Å². The Hall–Kier alpha value is -2.32. The van der Waals surface area contributed by atoms with Crippen molar-refractivity contribution in [3.05, 3.63) is 29.6 Å². The molecule has 3 N–H and O–H groups in total. The Morgan fingerprint density at radius 3 is 2.61 bits per heavy atom. The van der Waals surface area contributed by atoms with Crippen molar-refractivity contribution < 1.29 is 18.4 Å². The number of rotatable bonds is 5. The first-order valence-corrected chi connectivity index (χ1v) is 8.98. The predicted octanol–water partition coefficient (Wildman–Crippen LogP) is 2.98. The lowest BCUT2D eigenvalue weighted by atomic mass is 9.91. The molecule has 0 bridgehead atoms. The molecule has 154 valence electrons. The molecule has 1 heterocycles. The van der Waals surface area contributed by atoms with Gasteiger partial charge in [0, 0.05) is 31.7 Å². The van der Waals surface area contributed by atoms with Crippen molar-refractivity contribution in [2.45, 2.75) is 37.8 Å². The molecule has 1 aromatic heterocycles. The number of nitrogens with two attached hydrogens (primary N) is 1. The van der Waals surface area contributed by atoms with Crippen LogP contribution in [0, 0.1) is 5.82 Å². The summed E-state index contributed by atoms with van der Waals surface area (Å²) in [7, 11) is 4.95. The molecule has 0 atom stereocenters. The van der Waals surface area contributed by atoms with Gasteiger partial charge in [-0.2, -0.15) is 0 Å². The largest absolute Gasteiger partial charge is 0.494 e. The third kappa shape index (κ3) is 4.56. The molecule has 0 spiro atoms. The lowest BCUT2D eigenvalue weighted by Crippen LogP contribution is -2.40. The molecule has 0 radical (unpaired) electrons. The smallest absolute Gasteiger partial charge is 0.259 e. The van der Waals surface area contributed by atoms with Crippen LogP contribution in [0.1, 0.15) is 36.0 Å². The Balaban J connectivity index is 0.00000280. The topological polar surface area (TPSA) is 93.6 Å². The van der Waals surface area contributed by atoms with Crippen molar-refractivity contribution in [1.29, 1.82) is 0 Å². The number of nitrogens with one attached hydrogen (secondary N) is 1. The van der Waals surface area contributed by atoms with E-state index in [-0.39, 0.29) is 41.9 Å². The predicted molar refractivity (Wildman–Crippen MR) is 108 cm³/mol. The van der Waals surface area contributed by atoms with Crippen molar-refractivity contribution in [3.63, 3.8) is 0 Å². The SMILES string of the molecule is COc1cc(-c2onc(N(C)C)c2C(=O)NC2CCC(N)CC2)ccc1F.Cl. The van der Waals surface area contributed by atoms with Gasteiger partial charge in [0.1, 0.15) is 5.56 Å². The number of methoxy groups -OCH3 is 1. The zero-order valence-electron chi connectivity index (χ0n) is 16.2. The fourth-order valence-corrected chi connectivity index (χ4v) is 3.31. The Bertz CT molecular complexity index is 820. The monoisotopic (exact) mass is 412 g/mol. The minimum atomic E-state index is -0.488. The Labute approximate surface area is 169 Å². The van der Waals surface area contributed by atoms with Gasteiger partial charge in [-0.05, 0) is 43.9 Å². The Kier molecular flexibility index (Phi) is 7.26. The van der Waals surface area contributed by atoms with Crippen LogP contribution in [-0.4, -0.2) is 44.4 Å². The number of nitrogens with zero attached hydrogens (tertiary/aromatic N) is 2. The molecule has 0 unspecified atom stereocenters. The standard InChI is InChI=1S/C19H25FN4O3.ClH/c1-24(2)18-16(19(25)22-13-7-5-12(21)6-8-13)17(27-23-18)11-4-9-14(20)15(10-11)26-3;/h4,9-10,12-13H,5-8,21H2,1-3H3,(H,22,25);1H. The van der Waals surface area contributed by atoms with Crippen LogP contribution in [0.2, 0.25) is 0 Å². The van der Waals surface area contributed by atoms with E-state index >= 15 is 0 Å². The average molecular weight is 413 g/mol. The first-order valence-electron chi connectivity index (χ1n) is 8.98. The number of carbonyl (C=O) groups excluding carboxylic acids is 1. The van der Waals surface area contributed by atoms with Crippen molar-refractivity contribution >= 4 is 24.1 Å². The van der Waals surface area contributed by atoms with Crippen molar-refractivity contribution in [3.8, 4) is 17.1 Å². The summed E-state index contributed by atoms with van der Waals surface area (Å²) in [4.78, 5) is 14.7. The van der Waals surface area contributed by atoms with E-state index in [4.69, 9.17) is 15.0 Å². The Morgan fingerprint density at radius 2 is 2.00 bits per heavy atom. The van der Waals surface area contributed by atoms with E-state index in [1.807, 2.05) is 0 Å². The van der Waals surface area contributed by atoms with Gasteiger partial charge >= 0.3 is 0 Å². The maximum atomic E-state index is 13.7. The van der Waals surface area contributed by atoms with Crippen LogP contribution in [0.3, 0.4) is 0 Å². The normalized spacial score (nSPS) is 18.9. The van der Waals surface area contributed by atoms with E-state index in [9.17, 15) is 9.18 Å². The molecule has 1 saturated carbocycles. The van der Waals surface area contributed by atoms with Gasteiger partial charge in [-0.3, -0.25) is 4.79 Å². The number of aromatic nitrogens is 1. The van der Waals surface area contributed by atoms with Crippen LogP contribution in [-0.2, 0) is 0 Å². The number of amides is 1. The summed E-state index contributed by atoms with van der Waals surface area (Å²) >= 11 is 0. The van der Waals surface area contributed by atoms with Gasteiger partial charge in [0.2, 0.25) is 0 Å². The molecule has 9 heteroatoms. The highest BCUT2D eigenvalue weighted by atomic mass is 35.5. The summed E-state index contributed by atoms with van der Waals surface area (Å²) in [6, 6.07) is 4.57. The molecule has 28 heavy (non-hydrogen) atoms. The number of benzene rings is 1. The van der Waals surface area contributed by atoms with Gasteiger partial charge in [0.25, 0.3) is 5.91 Å². The summed E-state index contributed by atoms with van der Waals surface area (Å²) in [5.74, 6) is 0.0140. The van der Waals surface area contributed by atoms with Crippen LogP contribution in [0.15, 0.2) is 22.7 Å². The van der Waals surface area contributed by atoms with Gasteiger partial charge in [-0.1, -0.05) is 5.16 Å². The summed E-state index contributed by atoms with van der Waals surface area (Å²) in [6.45, 7) is 0. The molecule has 2 aromatic rings. The highest BCUT2D eigenvalue weighted by molar-refractivity contribution is 6.04. The maximum Gasteiger partial charge on any atom is 0.259 e. The van der Waals surface area contributed by atoms with Gasteiger partial charge in [0.05, 0.1) is 7.11 Å². The van der Waals surface area contributed by atoms with Crippen molar-refractivity contribution in [2.75, 3.05) is 26.1 Å². The summed E-state index contributed by atoms with van der Waals surface area (Å²) in [5, 5.41) is 7.09. The minimum absolute atomic E-state index is 0. The van der Waals surface area contributed by atoms with Crippen LogP contribution in [0.5, 0.6) is 5.75 Å². The maximum absolute atomic E-state index is 13.7. The second-order valence-corrected chi connectivity index (χ2v) is 7.04. The zero-order chi connectivity index (χ0) is 19.6. The molecular weight excluding hydrogens is 387 g/mol. The Morgan fingerprint density at radius 1 is 1.32 bits per heavy atom. The van der Waals surface area contributed by atoms with E-state index in [1.165, 1.54) is 25.3 Å². The molecule has 0 aliphatic heterocycles. The first-order chi connectivity index (χ1) is 12.9. The molecule has 7 nitrogen and oxygen atoms in total. The number of hydrogen-bond donors (Lipinski definition) is 2. The number of hydrogen-bond acceptors (Lipinski definition) is 6. The van der Waals surface area contributed by atoms with Gasteiger partial charge in [0.15, 0.2) is 23.1 Å². The lowest BCUT2D eigenvalue weighted by Gasteiger charge is -2.27. The van der Waals surface area contributed by atoms with Crippen molar-refractivity contribution in [1.82, 2.24) is 10.5 Å². The quantitative estimate of drug-likeness (QED) is 0.784. The molecule has 1 amide bonds. The third-order valence-electron chi connectivity index (χ3n) is 4.85. The highest BCUT2D eigenvalue weighted by Crippen LogP contribution is 2.33. The van der Waals surface area contributed by atoms with Crippen LogP contribution in [0.25, 0.3) is 11.3 Å². The highest BCUT2D eigenvalue weighted by Gasteiger charge is 2.28. The van der Waals surface area contributed by atoms with Gasteiger partial charge in [-0.25, -0.2) is 4.39 Å². The number of halogens is 2. The zero-order valence-corrected chi connectivity index (χ0v) is 17.0. The minimum Gasteiger partial charge on any atom is -0.494 e. The molecule has 1 aliphatic rings. The van der Waals surface area contributed by atoms with E-state index in [0.717, 1.165) is 25.7 Å². The second-order valence-electron chi connectivity index (χ2n) is 7.04. The van der Waals surface area contributed by atoms with Crippen LogP contribution >= 0.6 is 12.4 Å². The fourth-order valence-electron chi connectivity index (χ4n) is 3.31. The molecular formula is C19H26ClFN4O3. The molecule has 0 saturated heterocycles. The molecule has 1 fully saturated rings. The van der Waals surface area contributed by atoms with Crippen LogP contribution in [0.4, 0.5) is 10.2 Å². The lowest BCUT2D eigenvalue weighted by molar-refractivity contribution is 0.0926. The average Bonchev–Trinajstić information content (AvgIpc) is 3.09. The summed E-state index contributed by atoms with van der Waals surface area (Å²) < 4.78 is 24.2. The summed E-state index contributed by atoms with van der Waals surface area (Å²) in [5.41, 5.74) is 6.78. The summed E-state index contributed by atoms with van der Waals surface area (Å²) in [6.07, 6.45) is 3.46. The second kappa shape index (κ2) is 9.25.